The number of benzene rings is 2. The number of carbonyl (C=O) groups is 2. The topological polar surface area (TPSA) is 77.3 Å². The van der Waals surface area contributed by atoms with Crippen LogP contribution in [-0.4, -0.2) is 11.9 Å². The van der Waals surface area contributed by atoms with Crippen LogP contribution in [0.15, 0.2) is 84.1 Å². The van der Waals surface area contributed by atoms with Gasteiger partial charge in [-0.3, -0.25) is 9.59 Å². The fourth-order valence-corrected chi connectivity index (χ4v) is 4.17. The maximum absolute atomic E-state index is 12.1. The Morgan fingerprint density at radius 2 is 0.850 bits per heavy atom. The second-order valence-corrected chi connectivity index (χ2v) is 10.0. The summed E-state index contributed by atoms with van der Waals surface area (Å²) >= 11 is 0. The molecule has 0 N–H and O–H groups in total. The van der Waals surface area contributed by atoms with E-state index in [-0.39, 0.29) is 11.9 Å². The molecule has 6 nitrogen and oxygen atoms in total. The van der Waals surface area contributed by atoms with Crippen molar-refractivity contribution in [2.75, 3.05) is 0 Å². The second kappa shape index (κ2) is 21.3. The Kier molecular flexibility index (Phi) is 17.4. The first kappa shape index (κ1) is 32.7. The van der Waals surface area contributed by atoms with Gasteiger partial charge in [0.05, 0.1) is 11.4 Å². The highest BCUT2D eigenvalue weighted by atomic mass is 16.5. The Morgan fingerprint density at radius 1 is 0.525 bits per heavy atom. The van der Waals surface area contributed by atoms with Crippen LogP contribution < -0.4 is 9.47 Å². The highest BCUT2D eigenvalue weighted by molar-refractivity contribution is 5.73. The van der Waals surface area contributed by atoms with E-state index in [9.17, 15) is 9.59 Å². The predicted molar refractivity (Wildman–Crippen MR) is 163 cm³/mol. The molecule has 0 saturated carbocycles. The molecular formula is C34H46N2O4. The number of ether oxygens (including phenoxy) is 2. The summed E-state index contributed by atoms with van der Waals surface area (Å²) in [4.78, 5) is 24.2. The zero-order valence-electron chi connectivity index (χ0n) is 24.0. The van der Waals surface area contributed by atoms with Crippen LogP contribution in [-0.2, 0) is 9.59 Å². The van der Waals surface area contributed by atoms with Gasteiger partial charge < -0.3 is 9.47 Å². The summed E-state index contributed by atoms with van der Waals surface area (Å²) in [7, 11) is 0. The van der Waals surface area contributed by atoms with Crippen LogP contribution in [0.2, 0.25) is 0 Å². The van der Waals surface area contributed by atoms with Crippen LogP contribution in [0.1, 0.15) is 103 Å². The van der Waals surface area contributed by atoms with Gasteiger partial charge in [0, 0.05) is 12.8 Å². The molecule has 2 aromatic carbocycles. The zero-order chi connectivity index (χ0) is 28.7. The van der Waals surface area contributed by atoms with Gasteiger partial charge in [-0.05, 0) is 87.1 Å². The monoisotopic (exact) mass is 546 g/mol. The summed E-state index contributed by atoms with van der Waals surface area (Å²) in [6, 6.07) is 13.9. The molecule has 2 aromatic rings. The summed E-state index contributed by atoms with van der Waals surface area (Å²) in [5.41, 5.74) is 1.29. The molecule has 2 rings (SSSR count). The standard InChI is InChI=1S/C34H46N2O4/c1-3-5-7-9-11-13-15-17-19-33(37)39-31-25-21-29(22-26-31)35-36-30-23-27-32(28-24-30)40-34(38)20-18-16-14-12-10-8-6-4-2/h3-4,21-28H,1-2,5-20H2. The SMILES string of the molecule is C=CCCCCCCCCC(=O)Oc1ccc(N=Nc2ccc(OC(=O)CCCCCCCCC=C)cc2)cc1. The van der Waals surface area contributed by atoms with Gasteiger partial charge in [0.25, 0.3) is 0 Å². The number of esters is 2. The lowest BCUT2D eigenvalue weighted by molar-refractivity contribution is -0.135. The van der Waals surface area contributed by atoms with E-state index in [0.717, 1.165) is 51.4 Å². The average Bonchev–Trinajstić information content (AvgIpc) is 2.96. The number of hydrogen-bond donors (Lipinski definition) is 0. The van der Waals surface area contributed by atoms with Crippen molar-refractivity contribution in [3.05, 3.63) is 73.8 Å². The third-order valence-corrected chi connectivity index (χ3v) is 6.50. The lowest BCUT2D eigenvalue weighted by Gasteiger charge is -2.05. The Labute approximate surface area is 240 Å². The minimum atomic E-state index is -0.211. The maximum atomic E-state index is 12.1. The van der Waals surface area contributed by atoms with Crippen molar-refractivity contribution >= 4 is 23.3 Å². The summed E-state index contributed by atoms with van der Waals surface area (Å²) in [6.45, 7) is 7.48. The first-order chi connectivity index (χ1) is 19.6. The van der Waals surface area contributed by atoms with E-state index in [1.807, 2.05) is 12.2 Å². The van der Waals surface area contributed by atoms with Gasteiger partial charge in [-0.1, -0.05) is 63.5 Å². The largest absolute Gasteiger partial charge is 0.427 e. The third-order valence-electron chi connectivity index (χ3n) is 6.50. The number of allylic oxidation sites excluding steroid dienone is 2. The molecule has 0 aliphatic rings. The van der Waals surface area contributed by atoms with E-state index in [4.69, 9.17) is 9.47 Å². The summed E-state index contributed by atoms with van der Waals surface area (Å²) < 4.78 is 10.8. The fourth-order valence-electron chi connectivity index (χ4n) is 4.17. The smallest absolute Gasteiger partial charge is 0.311 e. The number of unbranched alkanes of at least 4 members (excludes halogenated alkanes) is 12. The van der Waals surface area contributed by atoms with Gasteiger partial charge in [-0.15, -0.1) is 13.2 Å². The van der Waals surface area contributed by atoms with Crippen LogP contribution in [0.5, 0.6) is 11.5 Å². The van der Waals surface area contributed by atoms with Gasteiger partial charge in [0.2, 0.25) is 0 Å². The van der Waals surface area contributed by atoms with Gasteiger partial charge in [0.1, 0.15) is 11.5 Å². The molecule has 0 aliphatic carbocycles. The number of azo groups is 1. The molecule has 6 heteroatoms. The van der Waals surface area contributed by atoms with Crippen molar-refractivity contribution in [3.8, 4) is 11.5 Å². The van der Waals surface area contributed by atoms with Gasteiger partial charge >= 0.3 is 11.9 Å². The van der Waals surface area contributed by atoms with Crippen LogP contribution in [0.4, 0.5) is 11.4 Å². The van der Waals surface area contributed by atoms with Crippen molar-refractivity contribution < 1.29 is 19.1 Å². The van der Waals surface area contributed by atoms with Gasteiger partial charge in [-0.2, -0.15) is 10.2 Å². The lowest BCUT2D eigenvalue weighted by atomic mass is 10.1. The summed E-state index contributed by atoms with van der Waals surface area (Å²) in [6.07, 6.45) is 20.3. The molecule has 0 saturated heterocycles. The molecule has 0 aliphatic heterocycles. The minimum absolute atomic E-state index is 0.211. The zero-order valence-corrected chi connectivity index (χ0v) is 24.0. The molecule has 0 unspecified atom stereocenters. The van der Waals surface area contributed by atoms with Crippen molar-refractivity contribution in [3.63, 3.8) is 0 Å². The number of carbonyl (C=O) groups excluding carboxylic acids is 2. The molecular weight excluding hydrogens is 500 g/mol. The molecule has 0 amide bonds. The highest BCUT2D eigenvalue weighted by Gasteiger charge is 2.06. The van der Waals surface area contributed by atoms with Gasteiger partial charge in [0.15, 0.2) is 0 Å². The van der Waals surface area contributed by atoms with E-state index < -0.39 is 0 Å². The molecule has 0 aromatic heterocycles. The molecule has 0 radical (unpaired) electrons. The van der Waals surface area contributed by atoms with Crippen molar-refractivity contribution in [1.29, 1.82) is 0 Å². The van der Waals surface area contributed by atoms with Crippen LogP contribution >= 0.6 is 0 Å². The molecule has 0 heterocycles. The second-order valence-electron chi connectivity index (χ2n) is 10.0. The highest BCUT2D eigenvalue weighted by Crippen LogP contribution is 2.24. The number of rotatable bonds is 22. The van der Waals surface area contributed by atoms with Crippen LogP contribution in [0, 0.1) is 0 Å². The minimum Gasteiger partial charge on any atom is -0.427 e. The average molecular weight is 547 g/mol. The number of nitrogens with zero attached hydrogens (tertiary/aromatic N) is 2. The summed E-state index contributed by atoms with van der Waals surface area (Å²) in [5.74, 6) is 0.583. The fraction of sp³-hybridized carbons (Fsp3) is 0.471. The van der Waals surface area contributed by atoms with E-state index in [1.165, 1.54) is 38.5 Å². The van der Waals surface area contributed by atoms with E-state index in [2.05, 4.69) is 23.4 Å². The molecule has 0 fully saturated rings. The quantitative estimate of drug-likeness (QED) is 0.0484. The Bertz CT molecular complexity index is 945. The van der Waals surface area contributed by atoms with Crippen molar-refractivity contribution in [2.24, 2.45) is 10.2 Å². The van der Waals surface area contributed by atoms with Crippen molar-refractivity contribution in [1.82, 2.24) is 0 Å². The number of hydrogen-bond acceptors (Lipinski definition) is 6. The molecule has 40 heavy (non-hydrogen) atoms. The van der Waals surface area contributed by atoms with Crippen LogP contribution in [0.25, 0.3) is 0 Å². The van der Waals surface area contributed by atoms with E-state index in [0.29, 0.717) is 35.7 Å². The Balaban J connectivity index is 1.63. The van der Waals surface area contributed by atoms with Gasteiger partial charge in [-0.25, -0.2) is 0 Å². The first-order valence-electron chi connectivity index (χ1n) is 14.9. The third kappa shape index (κ3) is 15.8. The molecule has 0 bridgehead atoms. The molecule has 0 atom stereocenters. The summed E-state index contributed by atoms with van der Waals surface area (Å²) in [5, 5.41) is 8.46. The molecule has 216 valence electrons. The normalized spacial score (nSPS) is 10.9. The Morgan fingerprint density at radius 3 is 1.20 bits per heavy atom. The van der Waals surface area contributed by atoms with Crippen LogP contribution in [0.3, 0.4) is 0 Å². The predicted octanol–water partition coefficient (Wildman–Crippen LogP) is 10.5. The Hall–Kier alpha value is -3.54. The maximum Gasteiger partial charge on any atom is 0.311 e. The van der Waals surface area contributed by atoms with Crippen molar-refractivity contribution in [2.45, 2.75) is 103 Å². The first-order valence-corrected chi connectivity index (χ1v) is 14.9. The van der Waals surface area contributed by atoms with E-state index in [1.54, 1.807) is 48.5 Å². The lowest BCUT2D eigenvalue weighted by Crippen LogP contribution is -2.07. The van der Waals surface area contributed by atoms with E-state index >= 15 is 0 Å². The molecule has 0 spiro atoms.